The second kappa shape index (κ2) is 2.44. The number of nitriles is 1. The summed E-state index contributed by atoms with van der Waals surface area (Å²) in [6.45, 7) is 0. The van der Waals surface area contributed by atoms with Gasteiger partial charge in [0.2, 0.25) is 0 Å². The van der Waals surface area contributed by atoms with Crippen LogP contribution in [0.2, 0.25) is 0 Å². The van der Waals surface area contributed by atoms with Gasteiger partial charge in [-0.15, -0.1) is 10.1 Å². The predicted molar refractivity (Wildman–Crippen MR) is 23.5 cm³/mol. The van der Waals surface area contributed by atoms with Crippen molar-refractivity contribution in [2.24, 2.45) is 0 Å². The van der Waals surface area contributed by atoms with Gasteiger partial charge in [-0.25, -0.2) is 9.19 Å². The molecule has 0 aliphatic carbocycles. The van der Waals surface area contributed by atoms with Gasteiger partial charge in [-0.1, -0.05) is 0 Å². The molecule has 0 bridgehead atoms. The molecular weight excluding hydrogens is 151 g/mol. The molecule has 0 aliphatic heterocycles. The fourth-order valence-electron chi connectivity index (χ4n) is 0.109. The summed E-state index contributed by atoms with van der Waals surface area (Å²) in [5, 5.41) is 15.4. The van der Waals surface area contributed by atoms with Crippen LogP contribution < -0.4 is 0 Å². The fraction of sp³-hybridized carbons (Fsp3) is 0. The van der Waals surface area contributed by atoms with E-state index < -0.39 is 12.7 Å². The van der Waals surface area contributed by atoms with Crippen LogP contribution in [0.25, 0.3) is 0 Å². The Morgan fingerprint density at radius 2 is 2.33 bits per heavy atom. The van der Waals surface area contributed by atoms with Crippen molar-refractivity contribution in [1.82, 2.24) is 0 Å². The molecule has 0 aromatic carbocycles. The maximum atomic E-state index is 9.92. The number of hydrogen-bond donors (Lipinski definition) is 1. The van der Waals surface area contributed by atoms with Crippen molar-refractivity contribution in [3.63, 3.8) is 0 Å². The summed E-state index contributed by atoms with van der Waals surface area (Å²) >= 11 is 0. The Bertz CT molecular complexity index is 203. The average molecular weight is 152 g/mol. The molecular formula is CHN2O5P. The van der Waals surface area contributed by atoms with E-state index in [0.717, 1.165) is 5.81 Å². The first-order valence-electron chi connectivity index (χ1n) is 1.56. The Kier molecular flexibility index (Phi) is 2.13. The van der Waals surface area contributed by atoms with E-state index >= 15 is 0 Å². The highest BCUT2D eigenvalue weighted by Gasteiger charge is 2.21. The molecule has 1 N–H and O–H groups in total. The van der Waals surface area contributed by atoms with Crippen LogP contribution in [-0.2, 0) is 9.19 Å². The molecule has 0 aromatic rings. The first kappa shape index (κ1) is 7.88. The highest BCUT2D eigenvalue weighted by atomic mass is 31.2. The van der Waals surface area contributed by atoms with Crippen LogP contribution >= 0.6 is 7.60 Å². The van der Waals surface area contributed by atoms with E-state index in [4.69, 9.17) is 10.2 Å². The Hall–Kier alpha value is -1.12. The van der Waals surface area contributed by atoms with Crippen molar-refractivity contribution in [1.29, 1.82) is 5.26 Å². The van der Waals surface area contributed by atoms with Crippen molar-refractivity contribution >= 4 is 7.60 Å². The first-order chi connectivity index (χ1) is 3.98. The van der Waals surface area contributed by atoms with Gasteiger partial charge in [-0.2, -0.15) is 5.26 Å². The van der Waals surface area contributed by atoms with E-state index in [-0.39, 0.29) is 0 Å². The SMILES string of the molecule is N#CP(=O)(O)O[N+](=O)[O-]. The zero-order valence-corrected chi connectivity index (χ0v) is 4.82. The summed E-state index contributed by atoms with van der Waals surface area (Å²) in [6.07, 6.45) is 0. The van der Waals surface area contributed by atoms with E-state index in [2.05, 4.69) is 4.62 Å². The van der Waals surface area contributed by atoms with Crippen molar-refractivity contribution in [2.45, 2.75) is 0 Å². The largest absolute Gasteiger partial charge is 0.464 e. The smallest absolute Gasteiger partial charge is 0.315 e. The maximum absolute atomic E-state index is 9.92. The summed E-state index contributed by atoms with van der Waals surface area (Å²) < 4.78 is 13.0. The summed E-state index contributed by atoms with van der Waals surface area (Å²) in [7, 11) is -4.62. The number of nitrogens with zero attached hydrogens (tertiary/aromatic N) is 2. The second-order valence-electron chi connectivity index (χ2n) is 0.926. The molecule has 0 saturated carbocycles. The van der Waals surface area contributed by atoms with E-state index in [1.165, 1.54) is 0 Å². The third-order valence-corrected chi connectivity index (χ3v) is 0.911. The van der Waals surface area contributed by atoms with Crippen LogP contribution in [0.3, 0.4) is 0 Å². The van der Waals surface area contributed by atoms with Gasteiger partial charge in [0, 0.05) is 0 Å². The normalized spacial score (nSPS) is 15.1. The van der Waals surface area contributed by atoms with Crippen molar-refractivity contribution < 1.29 is 19.2 Å². The average Bonchev–Trinajstić information content (AvgIpc) is 1.63. The lowest BCUT2D eigenvalue weighted by Gasteiger charge is -1.94. The monoisotopic (exact) mass is 152 g/mol. The molecule has 50 valence electrons. The highest BCUT2D eigenvalue weighted by Crippen LogP contribution is 2.39. The van der Waals surface area contributed by atoms with E-state index in [1.807, 2.05) is 0 Å². The van der Waals surface area contributed by atoms with Crippen LogP contribution in [0.4, 0.5) is 0 Å². The quantitative estimate of drug-likeness (QED) is 0.334. The third kappa shape index (κ3) is 3.46. The minimum atomic E-state index is -4.62. The van der Waals surface area contributed by atoms with Crippen LogP contribution in [0.15, 0.2) is 0 Å². The molecule has 9 heavy (non-hydrogen) atoms. The standard InChI is InChI=1S/CHN2O5P/c2-1-9(6,7)8-3(4)5/h(H,6,7). The number of hydrogen-bond acceptors (Lipinski definition) is 5. The molecule has 0 spiro atoms. The topological polar surface area (TPSA) is 113 Å². The number of rotatable bonds is 2. The molecule has 1 atom stereocenters. The molecule has 0 aliphatic rings. The molecule has 0 heterocycles. The molecule has 0 fully saturated rings. The van der Waals surface area contributed by atoms with Crippen molar-refractivity contribution in [2.75, 3.05) is 0 Å². The lowest BCUT2D eigenvalue weighted by molar-refractivity contribution is -0.715. The van der Waals surface area contributed by atoms with Gasteiger partial charge in [-0.3, -0.25) is 0 Å². The molecule has 0 aromatic heterocycles. The van der Waals surface area contributed by atoms with Gasteiger partial charge in [0.25, 0.3) is 0 Å². The van der Waals surface area contributed by atoms with Crippen LogP contribution in [0.1, 0.15) is 0 Å². The lowest BCUT2D eigenvalue weighted by atomic mass is 11.8. The van der Waals surface area contributed by atoms with Gasteiger partial charge < -0.3 is 4.89 Å². The molecule has 0 radical (unpaired) electrons. The summed E-state index contributed by atoms with van der Waals surface area (Å²) in [5.41, 5.74) is 0. The molecule has 0 saturated heterocycles. The molecule has 7 nitrogen and oxygen atoms in total. The van der Waals surface area contributed by atoms with E-state index in [1.54, 1.807) is 0 Å². The van der Waals surface area contributed by atoms with E-state index in [0.29, 0.717) is 0 Å². The maximum Gasteiger partial charge on any atom is 0.464 e. The molecule has 8 heteroatoms. The lowest BCUT2D eigenvalue weighted by Crippen LogP contribution is -1.95. The third-order valence-electron chi connectivity index (χ3n) is 0.304. The Balaban J connectivity index is 4.09. The summed E-state index contributed by atoms with van der Waals surface area (Å²) in [6, 6.07) is 0. The van der Waals surface area contributed by atoms with Crippen molar-refractivity contribution in [3.8, 4) is 5.81 Å². The molecule has 1 unspecified atom stereocenters. The highest BCUT2D eigenvalue weighted by molar-refractivity contribution is 7.57. The van der Waals surface area contributed by atoms with Gasteiger partial charge >= 0.3 is 12.7 Å². The molecule has 0 amide bonds. The van der Waals surface area contributed by atoms with Crippen molar-refractivity contribution in [3.05, 3.63) is 10.1 Å². The Morgan fingerprint density at radius 3 is 2.44 bits per heavy atom. The van der Waals surface area contributed by atoms with Crippen LogP contribution in [0.5, 0.6) is 0 Å². The summed E-state index contributed by atoms with van der Waals surface area (Å²) in [4.78, 5) is 17.3. The fourth-order valence-corrected chi connectivity index (χ4v) is 0.326. The van der Waals surface area contributed by atoms with Gasteiger partial charge in [-0.05, 0) is 0 Å². The van der Waals surface area contributed by atoms with Gasteiger partial charge in [0.05, 0.1) is 0 Å². The zero-order chi connectivity index (χ0) is 7.49. The van der Waals surface area contributed by atoms with Crippen LogP contribution in [-0.4, -0.2) is 9.98 Å². The first-order valence-corrected chi connectivity index (χ1v) is 3.14. The van der Waals surface area contributed by atoms with Gasteiger partial charge in [0.15, 0.2) is 5.81 Å². The Labute approximate surface area is 49.1 Å². The van der Waals surface area contributed by atoms with Gasteiger partial charge in [0.1, 0.15) is 0 Å². The van der Waals surface area contributed by atoms with Crippen LogP contribution in [0, 0.1) is 21.2 Å². The minimum Gasteiger partial charge on any atom is -0.315 e. The minimum absolute atomic E-state index is 0.720. The van der Waals surface area contributed by atoms with E-state index in [9.17, 15) is 14.7 Å². The molecule has 0 rings (SSSR count). The summed E-state index contributed by atoms with van der Waals surface area (Å²) in [5.74, 6) is 0.720. The predicted octanol–water partition coefficient (Wildman–Crippen LogP) is -0.139. The Morgan fingerprint density at radius 1 is 1.89 bits per heavy atom. The second-order valence-corrected chi connectivity index (χ2v) is 2.33. The zero-order valence-electron chi connectivity index (χ0n) is 3.92.